The first kappa shape index (κ1) is 21.7. The fourth-order valence-electron chi connectivity index (χ4n) is 2.07. The van der Waals surface area contributed by atoms with Crippen LogP contribution in [0.2, 0.25) is 0 Å². The summed E-state index contributed by atoms with van der Waals surface area (Å²) < 4.78 is 10.1. The van der Waals surface area contributed by atoms with Gasteiger partial charge < -0.3 is 25.4 Å². The first-order valence-corrected chi connectivity index (χ1v) is 7.89. The van der Waals surface area contributed by atoms with Crippen molar-refractivity contribution in [2.75, 3.05) is 26.1 Å². The molecule has 0 aliphatic carbocycles. The molecule has 0 bridgehead atoms. The number of benzene rings is 2. The summed E-state index contributed by atoms with van der Waals surface area (Å²) in [7, 11) is 1.57. The van der Waals surface area contributed by atoms with E-state index in [1.165, 1.54) is 0 Å². The Morgan fingerprint density at radius 3 is 2.15 bits per heavy atom. The minimum Gasteiger partial charge on any atom is -0.473 e. The van der Waals surface area contributed by atoms with Crippen molar-refractivity contribution < 1.29 is 34.1 Å². The van der Waals surface area contributed by atoms with Crippen LogP contribution in [-0.2, 0) is 25.5 Å². The summed E-state index contributed by atoms with van der Waals surface area (Å²) in [6.07, 6.45) is 0.639. The average Bonchev–Trinajstić information content (AvgIpc) is 2.63. The maximum absolute atomic E-state index is 12.1. The predicted octanol–water partition coefficient (Wildman–Crippen LogP) is 1.82. The Kier molecular flexibility index (Phi) is 9.04. The molecule has 4 N–H and O–H groups in total. The lowest BCUT2D eigenvalue weighted by Crippen LogP contribution is -2.12. The largest absolute Gasteiger partial charge is 0.473 e. The van der Waals surface area contributed by atoms with Crippen LogP contribution in [0.5, 0.6) is 0 Å². The number of ether oxygens (including phenoxy) is 2. The van der Waals surface area contributed by atoms with E-state index in [9.17, 15) is 4.79 Å². The van der Waals surface area contributed by atoms with Gasteiger partial charge in [-0.2, -0.15) is 0 Å². The standard InChI is InChI=1S/C17H19NO3.C2H2O4/c1-20-9-10-21-17(19)16-8-7-15(18)12-14(16)11-13-5-3-2-4-6-13;3-1(4)2(5)6/h2-8,12H,9-11,18H2,1H3;(H,3,4)(H,5,6). The smallest absolute Gasteiger partial charge is 0.414 e. The monoisotopic (exact) mass is 375 g/mol. The number of carboxylic acid groups (broad SMARTS) is 2. The lowest BCUT2D eigenvalue weighted by molar-refractivity contribution is -0.159. The molecule has 0 aromatic heterocycles. The van der Waals surface area contributed by atoms with Crippen LogP contribution < -0.4 is 5.73 Å². The molecular formula is C19H21NO7. The number of carbonyl (C=O) groups is 3. The van der Waals surface area contributed by atoms with Crippen molar-refractivity contribution in [1.29, 1.82) is 0 Å². The van der Waals surface area contributed by atoms with Gasteiger partial charge >= 0.3 is 17.9 Å². The predicted molar refractivity (Wildman–Crippen MR) is 97.5 cm³/mol. The molecule has 2 rings (SSSR count). The molecule has 27 heavy (non-hydrogen) atoms. The van der Waals surface area contributed by atoms with Crippen molar-refractivity contribution in [2.45, 2.75) is 6.42 Å². The van der Waals surface area contributed by atoms with Gasteiger partial charge in [0.1, 0.15) is 6.61 Å². The molecule has 2 aromatic carbocycles. The van der Waals surface area contributed by atoms with Crippen LogP contribution in [0.4, 0.5) is 5.69 Å². The quantitative estimate of drug-likeness (QED) is 0.301. The second-order valence-corrected chi connectivity index (χ2v) is 5.32. The lowest BCUT2D eigenvalue weighted by atomic mass is 9.99. The number of methoxy groups -OCH3 is 1. The summed E-state index contributed by atoms with van der Waals surface area (Å²) in [6.45, 7) is 0.624. The van der Waals surface area contributed by atoms with E-state index in [0.29, 0.717) is 24.3 Å². The maximum Gasteiger partial charge on any atom is 0.414 e. The van der Waals surface area contributed by atoms with Crippen LogP contribution in [-0.4, -0.2) is 48.4 Å². The number of nitrogens with two attached hydrogens (primary N) is 1. The van der Waals surface area contributed by atoms with Crippen LogP contribution in [0.1, 0.15) is 21.5 Å². The fraction of sp³-hybridized carbons (Fsp3) is 0.211. The van der Waals surface area contributed by atoms with E-state index in [2.05, 4.69) is 0 Å². The molecule has 8 nitrogen and oxygen atoms in total. The van der Waals surface area contributed by atoms with Crippen LogP contribution in [0.25, 0.3) is 0 Å². The first-order chi connectivity index (χ1) is 12.8. The Bertz CT molecular complexity index is 763. The molecule has 0 amide bonds. The molecule has 2 aromatic rings. The van der Waals surface area contributed by atoms with Crippen LogP contribution in [0.3, 0.4) is 0 Å². The van der Waals surface area contributed by atoms with Crippen LogP contribution >= 0.6 is 0 Å². The second kappa shape index (κ2) is 11.3. The number of aliphatic carboxylic acids is 2. The van der Waals surface area contributed by atoms with Gasteiger partial charge in [-0.05, 0) is 35.7 Å². The van der Waals surface area contributed by atoms with Crippen molar-refractivity contribution in [3.05, 3.63) is 65.2 Å². The van der Waals surface area contributed by atoms with Gasteiger partial charge in [0, 0.05) is 12.8 Å². The molecule has 0 saturated heterocycles. The van der Waals surface area contributed by atoms with Crippen molar-refractivity contribution in [3.63, 3.8) is 0 Å². The van der Waals surface area contributed by atoms with Gasteiger partial charge in [0.05, 0.1) is 12.2 Å². The topological polar surface area (TPSA) is 136 Å². The number of carbonyl (C=O) groups excluding carboxylic acids is 1. The summed E-state index contributed by atoms with van der Waals surface area (Å²) in [5.41, 5.74) is 8.99. The highest BCUT2D eigenvalue weighted by atomic mass is 16.6. The minimum absolute atomic E-state index is 0.241. The average molecular weight is 375 g/mol. The molecule has 0 radical (unpaired) electrons. The van der Waals surface area contributed by atoms with E-state index in [4.69, 9.17) is 35.0 Å². The molecule has 0 spiro atoms. The summed E-state index contributed by atoms with van der Waals surface area (Å²) in [5, 5.41) is 14.8. The SMILES string of the molecule is COCCOC(=O)c1ccc(N)cc1Cc1ccccc1.O=C(O)C(=O)O. The van der Waals surface area contributed by atoms with E-state index in [-0.39, 0.29) is 12.6 Å². The molecule has 8 heteroatoms. The molecule has 0 unspecified atom stereocenters. The molecule has 0 aliphatic rings. The highest BCUT2D eigenvalue weighted by Gasteiger charge is 2.13. The number of hydrogen-bond donors (Lipinski definition) is 3. The Hall–Kier alpha value is -3.39. The third-order valence-corrected chi connectivity index (χ3v) is 3.29. The highest BCUT2D eigenvalue weighted by Crippen LogP contribution is 2.19. The normalized spacial score (nSPS) is 9.67. The van der Waals surface area contributed by atoms with Gasteiger partial charge in [-0.3, -0.25) is 0 Å². The molecule has 0 heterocycles. The summed E-state index contributed by atoms with van der Waals surface area (Å²) in [6, 6.07) is 15.2. The molecule has 0 fully saturated rings. The zero-order valence-electron chi connectivity index (χ0n) is 14.8. The van der Waals surface area contributed by atoms with E-state index in [1.807, 2.05) is 36.4 Å². The zero-order chi connectivity index (χ0) is 20.2. The van der Waals surface area contributed by atoms with E-state index in [0.717, 1.165) is 11.1 Å². The Balaban J connectivity index is 0.000000527. The third kappa shape index (κ3) is 8.02. The van der Waals surface area contributed by atoms with Crippen LogP contribution in [0, 0.1) is 0 Å². The van der Waals surface area contributed by atoms with Gasteiger partial charge in [0.2, 0.25) is 0 Å². The van der Waals surface area contributed by atoms with Crippen molar-refractivity contribution in [2.24, 2.45) is 0 Å². The number of rotatable bonds is 6. The maximum atomic E-state index is 12.1. The molecule has 0 saturated carbocycles. The summed E-state index contributed by atoms with van der Waals surface area (Å²) >= 11 is 0. The van der Waals surface area contributed by atoms with Gasteiger partial charge in [-0.15, -0.1) is 0 Å². The Labute approximate surface area is 156 Å². The second-order valence-electron chi connectivity index (χ2n) is 5.32. The minimum atomic E-state index is -1.82. The highest BCUT2D eigenvalue weighted by molar-refractivity contribution is 6.27. The Morgan fingerprint density at radius 1 is 0.963 bits per heavy atom. The lowest BCUT2D eigenvalue weighted by Gasteiger charge is -2.10. The first-order valence-electron chi connectivity index (χ1n) is 7.89. The number of esters is 1. The van der Waals surface area contributed by atoms with Crippen LogP contribution in [0.15, 0.2) is 48.5 Å². The number of nitrogen functional groups attached to an aromatic ring is 1. The van der Waals surface area contributed by atoms with Gasteiger partial charge in [0.25, 0.3) is 0 Å². The zero-order valence-corrected chi connectivity index (χ0v) is 14.8. The van der Waals surface area contributed by atoms with E-state index < -0.39 is 11.9 Å². The number of anilines is 1. The van der Waals surface area contributed by atoms with Crippen molar-refractivity contribution in [1.82, 2.24) is 0 Å². The van der Waals surface area contributed by atoms with E-state index in [1.54, 1.807) is 19.2 Å². The van der Waals surface area contributed by atoms with Gasteiger partial charge in [0.15, 0.2) is 0 Å². The van der Waals surface area contributed by atoms with E-state index >= 15 is 0 Å². The van der Waals surface area contributed by atoms with Gasteiger partial charge in [-0.1, -0.05) is 30.3 Å². The molecule has 0 atom stereocenters. The number of hydrogen-bond acceptors (Lipinski definition) is 6. The molecular weight excluding hydrogens is 354 g/mol. The van der Waals surface area contributed by atoms with Gasteiger partial charge in [-0.25, -0.2) is 14.4 Å². The van der Waals surface area contributed by atoms with Crippen molar-refractivity contribution >= 4 is 23.6 Å². The summed E-state index contributed by atoms with van der Waals surface area (Å²) in [4.78, 5) is 30.3. The molecule has 144 valence electrons. The Morgan fingerprint density at radius 2 is 1.59 bits per heavy atom. The fourth-order valence-corrected chi connectivity index (χ4v) is 2.07. The molecule has 0 aliphatic heterocycles. The third-order valence-electron chi connectivity index (χ3n) is 3.29. The number of carboxylic acids is 2. The summed E-state index contributed by atoms with van der Waals surface area (Å²) in [5.74, 6) is -4.00. The van der Waals surface area contributed by atoms with Crippen molar-refractivity contribution in [3.8, 4) is 0 Å².